The van der Waals surface area contributed by atoms with E-state index in [1.807, 2.05) is 6.07 Å². The first-order valence-corrected chi connectivity index (χ1v) is 11.5. The smallest absolute Gasteiger partial charge is 0.250 e. The Hall–Kier alpha value is -2.40. The van der Waals surface area contributed by atoms with Crippen LogP contribution in [0.25, 0.3) is 0 Å². The number of hydrogen-bond acceptors (Lipinski definition) is 4. The van der Waals surface area contributed by atoms with Gasteiger partial charge in [-0.25, -0.2) is 4.98 Å². The number of rotatable bonds is 6. The summed E-state index contributed by atoms with van der Waals surface area (Å²) in [6, 6.07) is 9.67. The van der Waals surface area contributed by atoms with E-state index in [1.165, 1.54) is 55.8 Å². The van der Waals surface area contributed by atoms with E-state index >= 15 is 0 Å². The lowest BCUT2D eigenvalue weighted by Gasteiger charge is -2.23. The fraction of sp³-hybridized carbons (Fsp3) is 0.538. The molecule has 2 aromatic rings. The highest BCUT2D eigenvalue weighted by Crippen LogP contribution is 2.29. The van der Waals surface area contributed by atoms with Gasteiger partial charge in [-0.2, -0.15) is 0 Å². The molecule has 0 saturated heterocycles. The van der Waals surface area contributed by atoms with Crippen molar-refractivity contribution >= 4 is 5.91 Å². The van der Waals surface area contributed by atoms with Gasteiger partial charge in [-0.05, 0) is 88.1 Å². The monoisotopic (exact) mass is 424 g/mol. The summed E-state index contributed by atoms with van der Waals surface area (Å²) in [5.41, 5.74) is 8.40. The minimum atomic E-state index is -0.490. The normalized spacial score (nSPS) is 17.6. The number of carbonyl (C=O) groups excluding carboxylic acids is 1. The number of benzene rings is 1. The van der Waals surface area contributed by atoms with E-state index in [9.17, 15) is 4.79 Å². The quantitative estimate of drug-likeness (QED) is 0.632. The fourth-order valence-corrected chi connectivity index (χ4v) is 4.14. The molecule has 5 nitrogen and oxygen atoms in total. The summed E-state index contributed by atoms with van der Waals surface area (Å²) in [5, 5.41) is 0. The molecule has 3 rings (SSSR count). The lowest BCUT2D eigenvalue weighted by molar-refractivity contribution is -0.0102. The van der Waals surface area contributed by atoms with E-state index in [1.54, 1.807) is 12.1 Å². The van der Waals surface area contributed by atoms with Gasteiger partial charge in [0.05, 0.1) is 11.2 Å². The van der Waals surface area contributed by atoms with Gasteiger partial charge in [0.25, 0.3) is 0 Å². The predicted octanol–water partition coefficient (Wildman–Crippen LogP) is 5.84. The lowest BCUT2D eigenvalue weighted by atomic mass is 9.88. The SMILES string of the molecule is CC(C)(C)OCCC1CCCCc2cc(Oc3ccc(C(N)=O)cn3)ccc2CCC1. The standard InChI is InChI=1S/C26H36N2O3/c1-26(2,3)30-16-15-19-7-4-5-9-21-17-23(13-11-20(21)10-6-8-19)31-24-14-12-22(18-28-24)25(27)29/h11-14,17-19H,4-10,15-16H2,1-3H3,(H2,27,29). The fourth-order valence-electron chi connectivity index (χ4n) is 4.14. The van der Waals surface area contributed by atoms with Crippen LogP contribution >= 0.6 is 0 Å². The Morgan fingerprint density at radius 3 is 2.55 bits per heavy atom. The van der Waals surface area contributed by atoms with Crippen LogP contribution in [-0.4, -0.2) is 23.1 Å². The number of primary amides is 1. The Bertz CT molecular complexity index is 856. The largest absolute Gasteiger partial charge is 0.439 e. The number of ether oxygens (including phenoxy) is 2. The van der Waals surface area contributed by atoms with Crippen molar-refractivity contribution < 1.29 is 14.3 Å². The third-order valence-corrected chi connectivity index (χ3v) is 5.85. The average Bonchev–Trinajstić information content (AvgIpc) is 2.71. The third kappa shape index (κ3) is 7.66. The van der Waals surface area contributed by atoms with E-state index in [4.69, 9.17) is 15.2 Å². The van der Waals surface area contributed by atoms with Gasteiger partial charge in [0.1, 0.15) is 5.75 Å². The molecule has 5 heteroatoms. The highest BCUT2D eigenvalue weighted by Gasteiger charge is 2.16. The second-order valence-electron chi connectivity index (χ2n) is 9.54. The Morgan fingerprint density at radius 2 is 1.84 bits per heavy atom. The molecule has 1 unspecified atom stereocenters. The zero-order valence-electron chi connectivity index (χ0n) is 19.2. The molecule has 1 aliphatic rings. The first kappa shape index (κ1) is 23.3. The molecular weight excluding hydrogens is 388 g/mol. The molecule has 1 amide bonds. The maximum Gasteiger partial charge on any atom is 0.250 e. The Balaban J connectivity index is 1.58. The van der Waals surface area contributed by atoms with Crippen molar-refractivity contribution in [1.82, 2.24) is 4.98 Å². The van der Waals surface area contributed by atoms with Crippen LogP contribution in [0.4, 0.5) is 0 Å². The molecule has 0 radical (unpaired) electrons. The Kier molecular flexibility index (Phi) is 8.08. The van der Waals surface area contributed by atoms with Crippen molar-refractivity contribution in [1.29, 1.82) is 0 Å². The van der Waals surface area contributed by atoms with Crippen LogP contribution in [0.1, 0.15) is 80.8 Å². The number of hydrogen-bond donors (Lipinski definition) is 1. The highest BCUT2D eigenvalue weighted by atomic mass is 16.5. The van der Waals surface area contributed by atoms with Gasteiger partial charge in [0.15, 0.2) is 0 Å². The van der Waals surface area contributed by atoms with Crippen molar-refractivity contribution in [2.24, 2.45) is 11.7 Å². The molecule has 168 valence electrons. The molecule has 1 aromatic heterocycles. The maximum atomic E-state index is 11.2. The molecule has 0 saturated carbocycles. The van der Waals surface area contributed by atoms with Gasteiger partial charge in [0, 0.05) is 18.9 Å². The summed E-state index contributed by atoms with van der Waals surface area (Å²) in [6.07, 6.45) is 11.0. The van der Waals surface area contributed by atoms with E-state index in [0.717, 1.165) is 31.1 Å². The van der Waals surface area contributed by atoms with E-state index < -0.39 is 5.91 Å². The zero-order chi connectivity index (χ0) is 22.3. The molecule has 0 fully saturated rings. The number of aryl methyl sites for hydroxylation is 2. The topological polar surface area (TPSA) is 74.4 Å². The minimum absolute atomic E-state index is 0.0475. The van der Waals surface area contributed by atoms with Crippen LogP contribution in [0.2, 0.25) is 0 Å². The van der Waals surface area contributed by atoms with Crippen LogP contribution in [-0.2, 0) is 17.6 Å². The molecular formula is C26H36N2O3. The van der Waals surface area contributed by atoms with Crippen molar-refractivity contribution in [3.8, 4) is 11.6 Å². The van der Waals surface area contributed by atoms with E-state index in [2.05, 4.69) is 37.9 Å². The number of pyridine rings is 1. The summed E-state index contributed by atoms with van der Waals surface area (Å²) in [5.74, 6) is 1.52. The number of nitrogens with zero attached hydrogens (tertiary/aromatic N) is 1. The number of aromatic nitrogens is 1. The molecule has 31 heavy (non-hydrogen) atoms. The van der Waals surface area contributed by atoms with E-state index in [0.29, 0.717) is 11.4 Å². The first-order valence-electron chi connectivity index (χ1n) is 11.5. The molecule has 1 aromatic carbocycles. The zero-order valence-corrected chi connectivity index (χ0v) is 19.2. The molecule has 0 bridgehead atoms. The van der Waals surface area contributed by atoms with Crippen molar-refractivity contribution in [3.63, 3.8) is 0 Å². The van der Waals surface area contributed by atoms with Crippen molar-refractivity contribution in [2.75, 3.05) is 6.61 Å². The molecule has 1 atom stereocenters. The third-order valence-electron chi connectivity index (χ3n) is 5.85. The van der Waals surface area contributed by atoms with Crippen LogP contribution in [0, 0.1) is 5.92 Å². The summed E-state index contributed by atoms with van der Waals surface area (Å²) in [7, 11) is 0. The first-order chi connectivity index (χ1) is 14.8. The number of amides is 1. The van der Waals surface area contributed by atoms with Crippen LogP contribution in [0.3, 0.4) is 0 Å². The Morgan fingerprint density at radius 1 is 1.06 bits per heavy atom. The van der Waals surface area contributed by atoms with Crippen molar-refractivity contribution in [2.45, 2.75) is 77.7 Å². The van der Waals surface area contributed by atoms with Gasteiger partial charge in [0.2, 0.25) is 11.8 Å². The summed E-state index contributed by atoms with van der Waals surface area (Å²) in [6.45, 7) is 7.24. The summed E-state index contributed by atoms with van der Waals surface area (Å²) >= 11 is 0. The average molecular weight is 425 g/mol. The lowest BCUT2D eigenvalue weighted by Crippen LogP contribution is -2.21. The second kappa shape index (κ2) is 10.8. The molecule has 0 aliphatic heterocycles. The highest BCUT2D eigenvalue weighted by molar-refractivity contribution is 5.92. The second-order valence-corrected chi connectivity index (χ2v) is 9.54. The molecule has 0 spiro atoms. The predicted molar refractivity (Wildman–Crippen MR) is 124 cm³/mol. The minimum Gasteiger partial charge on any atom is -0.439 e. The van der Waals surface area contributed by atoms with Crippen molar-refractivity contribution in [3.05, 3.63) is 53.2 Å². The number of carbonyl (C=O) groups is 1. The molecule has 2 N–H and O–H groups in total. The van der Waals surface area contributed by atoms with Gasteiger partial charge >= 0.3 is 0 Å². The summed E-state index contributed by atoms with van der Waals surface area (Å²) in [4.78, 5) is 15.4. The van der Waals surface area contributed by atoms with Crippen LogP contribution in [0.15, 0.2) is 36.5 Å². The van der Waals surface area contributed by atoms with Gasteiger partial charge < -0.3 is 15.2 Å². The van der Waals surface area contributed by atoms with Gasteiger partial charge in [-0.1, -0.05) is 25.3 Å². The van der Waals surface area contributed by atoms with Crippen LogP contribution < -0.4 is 10.5 Å². The van der Waals surface area contributed by atoms with Crippen LogP contribution in [0.5, 0.6) is 11.6 Å². The number of nitrogens with two attached hydrogens (primary N) is 1. The Labute approximate surface area is 186 Å². The molecule has 1 aliphatic carbocycles. The maximum absolute atomic E-state index is 11.2. The van der Waals surface area contributed by atoms with Gasteiger partial charge in [-0.3, -0.25) is 4.79 Å². The molecule has 1 heterocycles. The van der Waals surface area contributed by atoms with Gasteiger partial charge in [-0.15, -0.1) is 0 Å². The summed E-state index contributed by atoms with van der Waals surface area (Å²) < 4.78 is 11.9. The number of fused-ring (bicyclic) bond motifs is 1. The van der Waals surface area contributed by atoms with E-state index in [-0.39, 0.29) is 5.60 Å².